The first-order chi connectivity index (χ1) is 13.4. The van der Waals surface area contributed by atoms with Crippen molar-refractivity contribution in [2.75, 3.05) is 7.05 Å². The molecule has 0 atom stereocenters. The highest BCUT2D eigenvalue weighted by atomic mass is 19.4. The van der Waals surface area contributed by atoms with Crippen LogP contribution in [0.15, 0.2) is 23.5 Å². The molecular formula is C20H30F3N3O3. The molecule has 0 N–H and O–H groups in total. The van der Waals surface area contributed by atoms with E-state index in [0.29, 0.717) is 41.8 Å². The second-order valence-electron chi connectivity index (χ2n) is 8.55. The van der Waals surface area contributed by atoms with Crippen LogP contribution in [0, 0.1) is 12.1 Å². The number of nitrogens with zero attached hydrogens (tertiary/aromatic N) is 3. The monoisotopic (exact) mass is 417 g/mol. The van der Waals surface area contributed by atoms with Crippen LogP contribution in [0.3, 0.4) is 0 Å². The molecule has 0 unspecified atom stereocenters. The van der Waals surface area contributed by atoms with Crippen LogP contribution in [0.5, 0.6) is 0 Å². The quantitative estimate of drug-likeness (QED) is 0.354. The molecule has 0 amide bonds. The fraction of sp³-hybridized carbons (Fsp3) is 0.700. The molecule has 1 aliphatic carbocycles. The number of hydrazine groups is 1. The maximum Gasteiger partial charge on any atom is 0.416 e. The van der Waals surface area contributed by atoms with Gasteiger partial charge in [-0.25, -0.2) is 0 Å². The highest BCUT2D eigenvalue weighted by molar-refractivity contribution is 5.30. The molecular weight excluding hydrogens is 387 g/mol. The summed E-state index contributed by atoms with van der Waals surface area (Å²) in [6, 6.07) is 3.97. The van der Waals surface area contributed by atoms with Crippen molar-refractivity contribution in [2.24, 2.45) is 5.28 Å². The summed E-state index contributed by atoms with van der Waals surface area (Å²) < 4.78 is 44.6. The van der Waals surface area contributed by atoms with Crippen molar-refractivity contribution in [3.8, 4) is 0 Å². The zero-order chi connectivity index (χ0) is 21.8. The van der Waals surface area contributed by atoms with Crippen LogP contribution < -0.4 is 0 Å². The molecule has 6 nitrogen and oxygen atoms in total. The molecule has 1 aromatic carbocycles. The van der Waals surface area contributed by atoms with Gasteiger partial charge in [0.15, 0.2) is 0 Å². The van der Waals surface area contributed by atoms with Gasteiger partial charge in [-0.2, -0.15) is 13.2 Å². The van der Waals surface area contributed by atoms with Crippen molar-refractivity contribution in [1.82, 2.24) is 5.01 Å². The first-order valence-corrected chi connectivity index (χ1v) is 9.73. The van der Waals surface area contributed by atoms with Gasteiger partial charge in [0.05, 0.1) is 35.8 Å². The third-order valence-electron chi connectivity index (χ3n) is 5.06. The van der Waals surface area contributed by atoms with E-state index in [9.17, 15) is 18.4 Å². The summed E-state index contributed by atoms with van der Waals surface area (Å²) in [6.45, 7) is 7.45. The smallest absolute Gasteiger partial charge is 0.416 e. The van der Waals surface area contributed by atoms with Crippen LogP contribution in [0.2, 0.25) is 0 Å². The number of alkyl halides is 3. The molecule has 0 aromatic heterocycles. The molecule has 9 heteroatoms. The maximum atomic E-state index is 12.9. The molecule has 1 fully saturated rings. The number of benzene rings is 1. The zero-order valence-corrected chi connectivity index (χ0v) is 17.6. The van der Waals surface area contributed by atoms with Crippen molar-refractivity contribution in [3.63, 3.8) is 0 Å². The first-order valence-electron chi connectivity index (χ1n) is 9.73. The largest absolute Gasteiger partial charge is 0.569 e. The van der Waals surface area contributed by atoms with Gasteiger partial charge in [-0.05, 0) is 71.1 Å². The molecule has 29 heavy (non-hydrogen) atoms. The van der Waals surface area contributed by atoms with Crippen molar-refractivity contribution < 1.29 is 27.7 Å². The second kappa shape index (κ2) is 9.19. The molecule has 0 radical (unpaired) electrons. The van der Waals surface area contributed by atoms with Crippen LogP contribution >= 0.6 is 0 Å². The molecule has 0 spiro atoms. The van der Waals surface area contributed by atoms with Gasteiger partial charge in [0.1, 0.15) is 6.10 Å². The Kier molecular flexibility index (Phi) is 7.37. The third kappa shape index (κ3) is 7.06. The van der Waals surface area contributed by atoms with Crippen molar-refractivity contribution >= 4 is 0 Å². The lowest BCUT2D eigenvalue weighted by Gasteiger charge is -2.28. The van der Waals surface area contributed by atoms with E-state index in [4.69, 9.17) is 9.57 Å². The van der Waals surface area contributed by atoms with Gasteiger partial charge in [0.2, 0.25) is 5.28 Å². The topological polar surface area (TPSA) is 60.1 Å². The molecule has 1 aromatic rings. The molecule has 2 rings (SSSR count). The zero-order valence-electron chi connectivity index (χ0n) is 17.6. The average Bonchev–Trinajstić information content (AvgIpc) is 2.62. The maximum absolute atomic E-state index is 12.9. The van der Waals surface area contributed by atoms with Gasteiger partial charge in [0.25, 0.3) is 0 Å². The van der Waals surface area contributed by atoms with E-state index in [-0.39, 0.29) is 24.4 Å². The molecule has 0 aliphatic heterocycles. The number of hydrogen-bond acceptors (Lipinski definition) is 4. The molecule has 1 saturated carbocycles. The number of hydrogen-bond donors (Lipinski definition) is 0. The molecule has 164 valence electrons. The summed E-state index contributed by atoms with van der Waals surface area (Å²) >= 11 is 0. The van der Waals surface area contributed by atoms with E-state index in [2.05, 4.69) is 5.28 Å². The standard InChI is InChI=1S/C20H30F3N3O3/c1-14-10-15(12-16(11-14)20(21,22)23)13-28-17-6-8-18(9-7-17)29-24-26(27)25(5)19(2,3)4/h10-12,17-18H,6-9,13H2,1-5H3/b26-24-/t17-,18-. The van der Waals surface area contributed by atoms with Gasteiger partial charge in [-0.15, -0.1) is 5.01 Å². The minimum atomic E-state index is -4.36. The lowest BCUT2D eigenvalue weighted by Crippen LogP contribution is -2.42. The third-order valence-corrected chi connectivity index (χ3v) is 5.06. The van der Waals surface area contributed by atoms with E-state index in [1.807, 2.05) is 20.8 Å². The van der Waals surface area contributed by atoms with Gasteiger partial charge in [0, 0.05) is 0 Å². The van der Waals surface area contributed by atoms with E-state index in [0.717, 1.165) is 12.1 Å². The second-order valence-corrected chi connectivity index (χ2v) is 8.55. The first kappa shape index (κ1) is 23.3. The Hall–Kier alpha value is -2.03. The van der Waals surface area contributed by atoms with Crippen LogP contribution in [0.25, 0.3) is 0 Å². The predicted molar refractivity (Wildman–Crippen MR) is 102 cm³/mol. The van der Waals surface area contributed by atoms with Gasteiger partial charge in [-0.1, -0.05) is 11.6 Å². The SMILES string of the molecule is Cc1cc(CO[C@H]2CC[C@H](O/N=[N+](\[O-])N(C)C(C)(C)C)CC2)cc(C(F)(F)F)c1. The van der Waals surface area contributed by atoms with E-state index in [1.54, 1.807) is 20.0 Å². The van der Waals surface area contributed by atoms with E-state index in [1.165, 1.54) is 5.01 Å². The fourth-order valence-electron chi connectivity index (χ4n) is 3.05. The average molecular weight is 417 g/mol. The summed E-state index contributed by atoms with van der Waals surface area (Å²) in [6.07, 6.45) is -1.85. The number of ether oxygens (including phenoxy) is 1. The lowest BCUT2D eigenvalue weighted by atomic mass is 9.95. The van der Waals surface area contributed by atoms with E-state index >= 15 is 0 Å². The number of rotatable bonds is 6. The highest BCUT2D eigenvalue weighted by Gasteiger charge is 2.31. The summed E-state index contributed by atoms with van der Waals surface area (Å²) in [5, 5.41) is 17.0. The lowest BCUT2D eigenvalue weighted by molar-refractivity contribution is -0.720. The Bertz CT molecular complexity index is 709. The minimum Gasteiger partial charge on any atom is -0.569 e. The van der Waals surface area contributed by atoms with Crippen LogP contribution in [0.1, 0.15) is 63.1 Å². The molecule has 1 aliphatic rings. The summed E-state index contributed by atoms with van der Waals surface area (Å²) in [7, 11) is 1.64. The van der Waals surface area contributed by atoms with Crippen molar-refractivity contribution in [1.29, 1.82) is 0 Å². The minimum absolute atomic E-state index is 0.0506. The number of aryl methyl sites for hydroxylation is 1. The number of halogens is 3. The van der Waals surface area contributed by atoms with Gasteiger partial charge >= 0.3 is 6.18 Å². The van der Waals surface area contributed by atoms with Crippen LogP contribution in [0.4, 0.5) is 13.2 Å². The van der Waals surface area contributed by atoms with Crippen molar-refractivity contribution in [2.45, 2.75) is 83.9 Å². The summed E-state index contributed by atoms with van der Waals surface area (Å²) in [5.74, 6) is 0. The Morgan fingerprint density at radius 2 is 1.69 bits per heavy atom. The van der Waals surface area contributed by atoms with Crippen LogP contribution in [-0.2, 0) is 22.4 Å². The van der Waals surface area contributed by atoms with Crippen LogP contribution in [-0.4, -0.2) is 34.8 Å². The van der Waals surface area contributed by atoms with Crippen molar-refractivity contribution in [3.05, 3.63) is 40.1 Å². The van der Waals surface area contributed by atoms with E-state index < -0.39 is 11.7 Å². The Labute approximate surface area is 169 Å². The highest BCUT2D eigenvalue weighted by Crippen LogP contribution is 2.31. The normalized spacial score (nSPS) is 21.2. The Morgan fingerprint density at radius 1 is 1.10 bits per heavy atom. The molecule has 0 heterocycles. The van der Waals surface area contributed by atoms with Gasteiger partial charge < -0.3 is 14.8 Å². The summed E-state index contributed by atoms with van der Waals surface area (Å²) in [5.41, 5.74) is 0.0386. The Balaban J connectivity index is 1.81. The fourth-order valence-corrected chi connectivity index (χ4v) is 3.05. The van der Waals surface area contributed by atoms with Gasteiger partial charge in [-0.3, -0.25) is 0 Å². The predicted octanol–water partition coefficient (Wildman–Crippen LogP) is 5.38. The molecule has 0 saturated heterocycles. The summed E-state index contributed by atoms with van der Waals surface area (Å²) in [4.78, 5) is 5.80. The Morgan fingerprint density at radius 3 is 2.24 bits per heavy atom. The molecule has 0 bridgehead atoms.